The molecule has 0 saturated carbocycles. The predicted molar refractivity (Wildman–Crippen MR) is 276 cm³/mol. The van der Waals surface area contributed by atoms with E-state index in [0.29, 0.717) is 11.5 Å². The third-order valence-electron chi connectivity index (χ3n) is 12.6. The standard InChI is InChI=1S/C55H50N4O12S2/c56-47-25-39(17-21-51(47)62)72(66,67)41-19-23-53(64)49(27-41)58-29-35(60)31-70-37-13-9-33(10-14-37)55(45-7-3-1-5-43(45)44-6-2-4-8-46(44)55)34-11-15-38(16-12-34)71-32-36(61)30-59-50-28-42(20-24-54(50)65)73(68,69)40-18-22-52(63)48(57)26-40/h1-28,35-36,58-65H,29-32,56-57H2. The fourth-order valence-electron chi connectivity index (χ4n) is 8.90. The molecule has 0 spiro atoms. The van der Waals surface area contributed by atoms with Gasteiger partial charge in [0, 0.05) is 13.1 Å². The quantitative estimate of drug-likeness (QED) is 0.0296. The number of sulfone groups is 2. The number of anilines is 4. The number of rotatable bonds is 18. The molecule has 12 N–H and O–H groups in total. The molecule has 0 heterocycles. The van der Waals surface area contributed by atoms with Gasteiger partial charge < -0.3 is 62.2 Å². The maximum absolute atomic E-state index is 13.3. The van der Waals surface area contributed by atoms with E-state index in [1.807, 2.05) is 72.8 Å². The summed E-state index contributed by atoms with van der Waals surface area (Å²) in [4.78, 5) is -0.556. The van der Waals surface area contributed by atoms with Crippen LogP contribution in [0, 0.1) is 0 Å². The van der Waals surface area contributed by atoms with Gasteiger partial charge in [0.15, 0.2) is 0 Å². The maximum Gasteiger partial charge on any atom is 0.206 e. The molecule has 73 heavy (non-hydrogen) atoms. The molecule has 2 unspecified atom stereocenters. The van der Waals surface area contributed by atoms with Crippen LogP contribution in [0.4, 0.5) is 22.7 Å². The fourth-order valence-corrected chi connectivity index (χ4v) is 11.5. The average Bonchev–Trinajstić information content (AvgIpc) is 3.69. The average molecular weight is 1020 g/mol. The van der Waals surface area contributed by atoms with Crippen LogP contribution in [0.15, 0.2) is 189 Å². The number of nitrogen functional groups attached to an aromatic ring is 2. The van der Waals surface area contributed by atoms with Gasteiger partial charge in [-0.2, -0.15) is 0 Å². The van der Waals surface area contributed by atoms with E-state index in [1.54, 1.807) is 0 Å². The Labute approximate surface area is 420 Å². The van der Waals surface area contributed by atoms with E-state index in [-0.39, 0.29) is 91.6 Å². The number of aliphatic hydroxyl groups excluding tert-OH is 2. The van der Waals surface area contributed by atoms with Crippen LogP contribution in [0.3, 0.4) is 0 Å². The molecule has 374 valence electrons. The largest absolute Gasteiger partial charge is 0.506 e. The number of hydrogen-bond acceptors (Lipinski definition) is 16. The monoisotopic (exact) mass is 1020 g/mol. The van der Waals surface area contributed by atoms with Crippen LogP contribution >= 0.6 is 0 Å². The lowest BCUT2D eigenvalue weighted by atomic mass is 9.68. The molecule has 1 aliphatic carbocycles. The Morgan fingerprint density at radius 1 is 0.452 bits per heavy atom. The highest BCUT2D eigenvalue weighted by Gasteiger charge is 2.46. The van der Waals surface area contributed by atoms with Gasteiger partial charge in [0.05, 0.1) is 47.7 Å². The van der Waals surface area contributed by atoms with Crippen molar-refractivity contribution in [2.75, 3.05) is 48.4 Å². The van der Waals surface area contributed by atoms with Gasteiger partial charge in [-0.1, -0.05) is 72.8 Å². The predicted octanol–water partition coefficient (Wildman–Crippen LogP) is 7.41. The Bertz CT molecular complexity index is 3340. The Hall–Kier alpha value is -8.42. The van der Waals surface area contributed by atoms with Gasteiger partial charge in [0.25, 0.3) is 0 Å². The van der Waals surface area contributed by atoms with Crippen LogP contribution in [0.1, 0.15) is 22.3 Å². The second-order valence-corrected chi connectivity index (χ2v) is 21.3. The molecule has 8 aromatic rings. The molecule has 0 saturated heterocycles. The highest BCUT2D eigenvalue weighted by molar-refractivity contribution is 7.91. The van der Waals surface area contributed by atoms with Crippen molar-refractivity contribution < 1.29 is 56.9 Å². The molecule has 1 aliphatic rings. The number of fused-ring (bicyclic) bond motifs is 3. The molecular weight excluding hydrogens is 973 g/mol. The molecular formula is C55H50N4O12S2. The summed E-state index contributed by atoms with van der Waals surface area (Å²) in [6, 6.07) is 46.2. The molecule has 0 radical (unpaired) electrons. The normalized spacial score (nSPS) is 13.6. The van der Waals surface area contributed by atoms with Crippen LogP contribution in [0.5, 0.6) is 34.5 Å². The minimum absolute atomic E-state index is 0.0715. The van der Waals surface area contributed by atoms with Gasteiger partial charge in [-0.15, -0.1) is 0 Å². The minimum atomic E-state index is -4.07. The third-order valence-corrected chi connectivity index (χ3v) is 16.1. The molecule has 0 aromatic heterocycles. The van der Waals surface area contributed by atoms with Crippen LogP contribution in [-0.4, -0.2) is 86.0 Å². The second kappa shape index (κ2) is 20.0. The lowest BCUT2D eigenvalue weighted by Crippen LogP contribution is -2.29. The van der Waals surface area contributed by atoms with E-state index in [1.165, 1.54) is 60.7 Å². The molecule has 9 rings (SSSR count). The number of phenolic OH excluding ortho intramolecular Hbond substituents is 4. The number of benzene rings is 8. The number of aliphatic hydroxyl groups is 2. The zero-order valence-electron chi connectivity index (χ0n) is 38.8. The van der Waals surface area contributed by atoms with Gasteiger partial charge in [0.2, 0.25) is 19.7 Å². The smallest absolute Gasteiger partial charge is 0.206 e. The Morgan fingerprint density at radius 2 is 0.795 bits per heavy atom. The lowest BCUT2D eigenvalue weighted by Gasteiger charge is -2.34. The summed E-state index contributed by atoms with van der Waals surface area (Å²) in [6.45, 7) is -0.471. The van der Waals surface area contributed by atoms with Gasteiger partial charge in [-0.3, -0.25) is 0 Å². The summed E-state index contributed by atoms with van der Waals surface area (Å²) in [5, 5.41) is 68.2. The van der Waals surface area contributed by atoms with Gasteiger partial charge in [-0.25, -0.2) is 16.8 Å². The van der Waals surface area contributed by atoms with Crippen molar-refractivity contribution in [3.63, 3.8) is 0 Å². The summed E-state index contributed by atoms with van der Waals surface area (Å²) in [5.74, 6) is -0.0168. The van der Waals surface area contributed by atoms with E-state index >= 15 is 0 Å². The fraction of sp³-hybridized carbons (Fsp3) is 0.127. The van der Waals surface area contributed by atoms with Crippen molar-refractivity contribution in [1.29, 1.82) is 0 Å². The van der Waals surface area contributed by atoms with Crippen molar-refractivity contribution in [2.45, 2.75) is 37.2 Å². The van der Waals surface area contributed by atoms with Crippen LogP contribution in [0.25, 0.3) is 11.1 Å². The molecule has 0 fully saturated rings. The van der Waals surface area contributed by atoms with E-state index in [0.717, 1.165) is 45.5 Å². The van der Waals surface area contributed by atoms with Gasteiger partial charge in [0.1, 0.15) is 59.9 Å². The van der Waals surface area contributed by atoms with E-state index in [4.69, 9.17) is 20.9 Å². The van der Waals surface area contributed by atoms with E-state index < -0.39 is 37.3 Å². The molecule has 2 atom stereocenters. The Kier molecular flexibility index (Phi) is 13.6. The van der Waals surface area contributed by atoms with E-state index in [9.17, 15) is 47.5 Å². The van der Waals surface area contributed by atoms with Crippen LogP contribution in [0.2, 0.25) is 0 Å². The van der Waals surface area contributed by atoms with Crippen molar-refractivity contribution in [2.24, 2.45) is 0 Å². The summed E-state index contributed by atoms with van der Waals surface area (Å²) >= 11 is 0. The first-order chi connectivity index (χ1) is 35.0. The molecule has 16 nitrogen and oxygen atoms in total. The van der Waals surface area contributed by atoms with Crippen molar-refractivity contribution in [3.05, 3.63) is 192 Å². The van der Waals surface area contributed by atoms with Crippen molar-refractivity contribution >= 4 is 42.4 Å². The Morgan fingerprint density at radius 3 is 1.16 bits per heavy atom. The molecule has 18 heteroatoms. The molecule has 0 aliphatic heterocycles. The van der Waals surface area contributed by atoms with Crippen molar-refractivity contribution in [1.82, 2.24) is 0 Å². The third kappa shape index (κ3) is 9.71. The number of ether oxygens (including phenoxy) is 2. The van der Waals surface area contributed by atoms with Crippen molar-refractivity contribution in [3.8, 4) is 45.6 Å². The van der Waals surface area contributed by atoms with Crippen LogP contribution < -0.4 is 31.6 Å². The first-order valence-electron chi connectivity index (χ1n) is 22.8. The number of nitrogens with one attached hydrogen (secondary N) is 2. The molecule has 8 aromatic carbocycles. The number of phenols is 4. The number of aromatic hydroxyl groups is 4. The second-order valence-electron chi connectivity index (χ2n) is 17.4. The zero-order valence-corrected chi connectivity index (χ0v) is 40.4. The summed E-state index contributed by atoms with van der Waals surface area (Å²) in [6.07, 6.45) is -2.16. The number of nitrogens with two attached hydrogens (primary N) is 2. The highest BCUT2D eigenvalue weighted by atomic mass is 32.2. The van der Waals surface area contributed by atoms with Gasteiger partial charge >= 0.3 is 0 Å². The molecule has 0 amide bonds. The summed E-state index contributed by atoms with van der Waals surface area (Å²) in [5.41, 5.74) is 16.7. The SMILES string of the molecule is Nc1cc(S(=O)(=O)c2ccc(O)c(NCC(O)COc3ccc(C4(c5ccc(OCC(O)CNc6cc(S(=O)(=O)c7ccc(O)c(N)c7)ccc6O)cc5)c5ccccc5-c5ccccc54)cc3)c2)ccc1O. The van der Waals surface area contributed by atoms with Crippen LogP contribution in [-0.2, 0) is 25.1 Å². The maximum atomic E-state index is 13.3. The van der Waals surface area contributed by atoms with E-state index in [2.05, 4.69) is 34.9 Å². The first-order valence-corrected chi connectivity index (χ1v) is 25.8. The zero-order chi connectivity index (χ0) is 51.7. The first kappa shape index (κ1) is 49.6. The summed E-state index contributed by atoms with van der Waals surface area (Å²) < 4.78 is 65.3. The summed E-state index contributed by atoms with van der Waals surface area (Å²) in [7, 11) is -8.13. The number of hydrogen-bond donors (Lipinski definition) is 10. The Balaban J connectivity index is 0.874. The minimum Gasteiger partial charge on any atom is -0.506 e. The molecule has 0 bridgehead atoms. The topological polar surface area (TPSA) is 284 Å². The lowest BCUT2D eigenvalue weighted by molar-refractivity contribution is 0.117. The highest BCUT2D eigenvalue weighted by Crippen LogP contribution is 2.56. The van der Waals surface area contributed by atoms with Gasteiger partial charge in [-0.05, 0) is 130 Å².